The number of nitrogens with zero attached hydrogens (tertiary/aromatic N) is 4. The fourth-order valence-corrected chi connectivity index (χ4v) is 5.29. The molecule has 0 spiro atoms. The molecule has 1 amide bonds. The maximum absolute atomic E-state index is 15.2. The molecule has 4 N–H and O–H groups in total. The van der Waals surface area contributed by atoms with E-state index < -0.39 is 17.5 Å². The van der Waals surface area contributed by atoms with Gasteiger partial charge in [-0.15, -0.1) is 0 Å². The van der Waals surface area contributed by atoms with Crippen molar-refractivity contribution in [3.63, 3.8) is 0 Å². The fraction of sp³-hybridized carbons (Fsp3) is 0.286. The van der Waals surface area contributed by atoms with Crippen LogP contribution in [0, 0.1) is 11.6 Å². The average Bonchev–Trinajstić information content (AvgIpc) is 3.12. The first-order valence-electron chi connectivity index (χ1n) is 15.8. The zero-order valence-corrected chi connectivity index (χ0v) is 26.9. The largest absolute Gasteiger partial charge is 0.506 e. The highest BCUT2D eigenvalue weighted by molar-refractivity contribution is 5.99. The van der Waals surface area contributed by atoms with Gasteiger partial charge in [0.05, 0.1) is 61.1 Å². The number of carbonyl (C=O) groups is 1. The third kappa shape index (κ3) is 8.17. The van der Waals surface area contributed by atoms with Gasteiger partial charge in [-0.3, -0.25) is 4.79 Å². The van der Waals surface area contributed by atoms with Gasteiger partial charge in [0.1, 0.15) is 17.4 Å². The Morgan fingerprint density at radius 3 is 2.15 bits per heavy atom. The molecule has 6 rings (SSSR count). The number of phenolic OH excluding ortho intramolecular Hbond substituents is 1. The van der Waals surface area contributed by atoms with Crippen LogP contribution in [0.2, 0.25) is 0 Å². The number of carbonyl (C=O) groups excluding carboxylic acids is 1. The summed E-state index contributed by atoms with van der Waals surface area (Å²) in [5.74, 6) is -1.25. The highest BCUT2D eigenvalue weighted by Crippen LogP contribution is 2.35. The summed E-state index contributed by atoms with van der Waals surface area (Å²) in [6, 6.07) is 14.1. The number of rotatable bonds is 9. The molecule has 0 radical (unpaired) electrons. The van der Waals surface area contributed by atoms with Gasteiger partial charge in [-0.25, -0.2) is 18.7 Å². The molecule has 2 saturated heterocycles. The minimum Gasteiger partial charge on any atom is -0.506 e. The average molecular weight is 660 g/mol. The predicted octanol–water partition coefficient (Wildman–Crippen LogP) is 6.44. The van der Waals surface area contributed by atoms with Crippen LogP contribution in [0.4, 0.5) is 48.9 Å². The first-order valence-corrected chi connectivity index (χ1v) is 15.8. The topological polar surface area (TPSA) is 124 Å². The van der Waals surface area contributed by atoms with Crippen LogP contribution < -0.4 is 25.8 Å². The van der Waals surface area contributed by atoms with E-state index in [4.69, 9.17) is 14.5 Å². The molecule has 0 atom stereocenters. The van der Waals surface area contributed by atoms with Crippen molar-refractivity contribution in [3.05, 3.63) is 85.1 Å². The molecule has 0 bridgehead atoms. The number of halogens is 2. The first-order chi connectivity index (χ1) is 23.4. The lowest BCUT2D eigenvalue weighted by atomic mass is 10.1. The Bertz CT molecular complexity index is 1740. The predicted molar refractivity (Wildman–Crippen MR) is 185 cm³/mol. The summed E-state index contributed by atoms with van der Waals surface area (Å²) in [4.78, 5) is 25.1. The summed E-state index contributed by atoms with van der Waals surface area (Å²) in [5, 5.41) is 19.4. The molecule has 3 aromatic carbocycles. The summed E-state index contributed by atoms with van der Waals surface area (Å²) < 4.78 is 40.7. The van der Waals surface area contributed by atoms with Crippen LogP contribution in [0.25, 0.3) is 11.3 Å². The number of morpholine rings is 2. The van der Waals surface area contributed by atoms with Crippen molar-refractivity contribution in [2.24, 2.45) is 0 Å². The molecule has 3 heterocycles. The van der Waals surface area contributed by atoms with Gasteiger partial charge < -0.3 is 40.3 Å². The van der Waals surface area contributed by atoms with Crippen molar-refractivity contribution in [3.8, 4) is 17.0 Å². The third-order valence-corrected chi connectivity index (χ3v) is 7.63. The van der Waals surface area contributed by atoms with Crippen LogP contribution >= 0.6 is 0 Å². The normalized spacial score (nSPS) is 14.4. The highest BCUT2D eigenvalue weighted by Gasteiger charge is 2.19. The molecule has 252 valence electrons. The molecule has 1 aromatic heterocycles. The summed E-state index contributed by atoms with van der Waals surface area (Å²) in [6.45, 7) is 12.1. The maximum atomic E-state index is 15.2. The highest BCUT2D eigenvalue weighted by atomic mass is 19.1. The van der Waals surface area contributed by atoms with Crippen molar-refractivity contribution in [2.45, 2.75) is 13.8 Å². The monoisotopic (exact) mass is 659 g/mol. The van der Waals surface area contributed by atoms with E-state index >= 15 is 4.39 Å². The van der Waals surface area contributed by atoms with E-state index in [9.17, 15) is 14.3 Å². The minimum atomic E-state index is -0.638. The molecular weight excluding hydrogens is 620 g/mol. The lowest BCUT2D eigenvalue weighted by molar-refractivity contribution is -0.111. The second kappa shape index (κ2) is 16.0. The Balaban J connectivity index is 0.00000221. The summed E-state index contributed by atoms with van der Waals surface area (Å²) in [6.07, 6.45) is 2.58. The first kappa shape index (κ1) is 34.1. The van der Waals surface area contributed by atoms with Crippen molar-refractivity contribution >= 4 is 46.0 Å². The lowest BCUT2D eigenvalue weighted by Crippen LogP contribution is -2.36. The van der Waals surface area contributed by atoms with E-state index in [-0.39, 0.29) is 17.4 Å². The number of aromatic hydroxyl groups is 1. The number of benzene rings is 3. The van der Waals surface area contributed by atoms with Crippen molar-refractivity contribution in [1.82, 2.24) is 9.97 Å². The number of phenols is 1. The van der Waals surface area contributed by atoms with Gasteiger partial charge in [0.15, 0.2) is 0 Å². The molecule has 0 aliphatic carbocycles. The molecule has 0 unspecified atom stereocenters. The number of nitrogens with one attached hydrogen (secondary N) is 3. The van der Waals surface area contributed by atoms with E-state index in [1.54, 1.807) is 30.3 Å². The van der Waals surface area contributed by atoms with Crippen LogP contribution in [0.3, 0.4) is 0 Å². The number of ether oxygens (including phenoxy) is 2. The van der Waals surface area contributed by atoms with E-state index in [1.807, 2.05) is 23.6 Å². The second-order valence-corrected chi connectivity index (χ2v) is 10.7. The van der Waals surface area contributed by atoms with Gasteiger partial charge >= 0.3 is 0 Å². The number of aromatic nitrogens is 2. The van der Waals surface area contributed by atoms with E-state index in [2.05, 4.69) is 27.5 Å². The summed E-state index contributed by atoms with van der Waals surface area (Å²) in [7, 11) is 0. The Morgan fingerprint density at radius 1 is 0.833 bits per heavy atom. The molecule has 13 heteroatoms. The van der Waals surface area contributed by atoms with Gasteiger partial charge in [-0.05, 0) is 60.7 Å². The molecule has 11 nitrogen and oxygen atoms in total. The zero-order chi connectivity index (χ0) is 34.0. The maximum Gasteiger partial charge on any atom is 0.247 e. The van der Waals surface area contributed by atoms with Crippen molar-refractivity contribution in [2.75, 3.05) is 78.4 Å². The van der Waals surface area contributed by atoms with Crippen LogP contribution in [0.15, 0.2) is 73.4 Å². The van der Waals surface area contributed by atoms with Crippen LogP contribution in [0.1, 0.15) is 13.8 Å². The van der Waals surface area contributed by atoms with Crippen molar-refractivity contribution in [1.29, 1.82) is 0 Å². The van der Waals surface area contributed by atoms with Crippen molar-refractivity contribution < 1.29 is 28.2 Å². The van der Waals surface area contributed by atoms with Crippen LogP contribution in [-0.4, -0.2) is 73.6 Å². The van der Waals surface area contributed by atoms with E-state index in [0.717, 1.165) is 6.08 Å². The molecule has 2 fully saturated rings. The molecule has 2 aliphatic rings. The number of hydrogen-bond acceptors (Lipinski definition) is 10. The van der Waals surface area contributed by atoms with E-state index in [1.165, 1.54) is 30.5 Å². The van der Waals surface area contributed by atoms with Crippen LogP contribution in [0.5, 0.6) is 5.75 Å². The number of amides is 1. The summed E-state index contributed by atoms with van der Waals surface area (Å²) in [5.41, 5.74) is 3.38. The molecular formula is C35H39F2N7O4. The van der Waals surface area contributed by atoms with Gasteiger partial charge in [-0.1, -0.05) is 20.4 Å². The minimum absolute atomic E-state index is 0.0592. The Morgan fingerprint density at radius 2 is 1.48 bits per heavy atom. The Kier molecular flexibility index (Phi) is 11.4. The van der Waals surface area contributed by atoms with Gasteiger partial charge in [0.2, 0.25) is 11.9 Å². The molecule has 4 aromatic rings. The Labute approximate surface area is 278 Å². The van der Waals surface area contributed by atoms with Gasteiger partial charge in [-0.2, -0.15) is 0 Å². The lowest BCUT2D eigenvalue weighted by Gasteiger charge is -2.29. The standard InChI is InChI=1S/C33H33F2N7O4.C2H6/c1-2-31(44)39-26-17-21(3-6-24(26)34)32-27(37-22-4-7-28(25(35)18-22)41-9-13-45-14-10-41)20-36-33(40-32)38-23-5-8-30(43)29(19-23)42-11-15-46-16-12-42;1-2/h2-8,17-20,37,43H,1,9-16H2,(H,39,44)(H,36,38,40);1-2H3. The SMILES string of the molecule is C=CC(=O)Nc1cc(-c2nc(Nc3ccc(O)c(N4CCOCC4)c3)ncc2Nc2ccc(N3CCOCC3)c(F)c2)ccc1F.CC. The molecule has 2 aliphatic heterocycles. The zero-order valence-electron chi connectivity index (χ0n) is 26.9. The summed E-state index contributed by atoms with van der Waals surface area (Å²) >= 11 is 0. The number of hydrogen-bond donors (Lipinski definition) is 4. The third-order valence-electron chi connectivity index (χ3n) is 7.63. The van der Waals surface area contributed by atoms with E-state index in [0.29, 0.717) is 92.3 Å². The quantitative estimate of drug-likeness (QED) is 0.118. The second-order valence-electron chi connectivity index (χ2n) is 10.7. The fourth-order valence-electron chi connectivity index (χ4n) is 5.29. The van der Waals surface area contributed by atoms with Crippen LogP contribution in [-0.2, 0) is 14.3 Å². The Hall–Kier alpha value is -5.27. The smallest absolute Gasteiger partial charge is 0.247 e. The molecule has 48 heavy (non-hydrogen) atoms. The van der Waals surface area contributed by atoms with Gasteiger partial charge in [0, 0.05) is 43.1 Å². The number of anilines is 7. The molecule has 0 saturated carbocycles. The van der Waals surface area contributed by atoms with Gasteiger partial charge in [0.25, 0.3) is 0 Å².